The highest BCUT2D eigenvalue weighted by Crippen LogP contribution is 2.31. The molecule has 1 fully saturated rings. The molecule has 0 bridgehead atoms. The summed E-state index contributed by atoms with van der Waals surface area (Å²) in [7, 11) is 0. The summed E-state index contributed by atoms with van der Waals surface area (Å²) in [5.41, 5.74) is -1.56. The van der Waals surface area contributed by atoms with Crippen LogP contribution >= 0.6 is 11.8 Å². The number of urea groups is 1. The van der Waals surface area contributed by atoms with Crippen LogP contribution in [0, 0.1) is 11.6 Å². The van der Waals surface area contributed by atoms with Crippen molar-refractivity contribution in [3.05, 3.63) is 59.7 Å². The Morgan fingerprint density at radius 1 is 1.21 bits per heavy atom. The van der Waals surface area contributed by atoms with E-state index in [1.165, 1.54) is 18.7 Å². The molecule has 2 aromatic carbocycles. The highest BCUT2D eigenvalue weighted by atomic mass is 32.2. The minimum Gasteiger partial charge on any atom is -0.324 e. The van der Waals surface area contributed by atoms with Crippen LogP contribution in [0.5, 0.6) is 0 Å². The third kappa shape index (κ3) is 3.57. The van der Waals surface area contributed by atoms with Crippen molar-refractivity contribution in [1.82, 2.24) is 10.2 Å². The van der Waals surface area contributed by atoms with Crippen molar-refractivity contribution in [2.45, 2.75) is 17.4 Å². The van der Waals surface area contributed by atoms with E-state index in [9.17, 15) is 23.2 Å². The molecule has 1 saturated heterocycles. The second-order valence-corrected chi connectivity index (χ2v) is 7.17. The number of halogens is 2. The van der Waals surface area contributed by atoms with E-state index in [2.05, 4.69) is 10.6 Å². The van der Waals surface area contributed by atoms with Gasteiger partial charge in [0, 0.05) is 10.5 Å². The quantitative estimate of drug-likeness (QED) is 0.592. The summed E-state index contributed by atoms with van der Waals surface area (Å²) in [6.07, 6.45) is 1.85. The second kappa shape index (κ2) is 7.59. The maximum atomic E-state index is 14.2. The average Bonchev–Trinajstić information content (AvgIpc) is 2.88. The second-order valence-electron chi connectivity index (χ2n) is 6.32. The molecule has 6 nitrogen and oxygen atoms in total. The van der Waals surface area contributed by atoms with Crippen LogP contribution in [0.4, 0.5) is 19.3 Å². The number of rotatable bonds is 5. The molecule has 0 spiro atoms. The molecule has 28 heavy (non-hydrogen) atoms. The predicted octanol–water partition coefficient (Wildman–Crippen LogP) is 3.09. The van der Waals surface area contributed by atoms with Gasteiger partial charge >= 0.3 is 6.03 Å². The Morgan fingerprint density at radius 2 is 1.93 bits per heavy atom. The molecule has 0 saturated carbocycles. The number of hydrogen-bond donors (Lipinski definition) is 2. The lowest BCUT2D eigenvalue weighted by atomic mass is 9.91. The third-order valence-corrected chi connectivity index (χ3v) is 5.22. The average molecular weight is 405 g/mol. The van der Waals surface area contributed by atoms with E-state index in [1.54, 1.807) is 12.1 Å². The van der Waals surface area contributed by atoms with Crippen molar-refractivity contribution in [2.24, 2.45) is 0 Å². The van der Waals surface area contributed by atoms with Gasteiger partial charge in [-0.2, -0.15) is 0 Å². The van der Waals surface area contributed by atoms with Crippen LogP contribution in [0.2, 0.25) is 0 Å². The number of benzene rings is 2. The van der Waals surface area contributed by atoms with Crippen LogP contribution < -0.4 is 10.6 Å². The molecule has 1 heterocycles. The summed E-state index contributed by atoms with van der Waals surface area (Å²) >= 11 is 1.43. The van der Waals surface area contributed by atoms with E-state index >= 15 is 0 Å². The lowest BCUT2D eigenvalue weighted by molar-refractivity contribution is -0.133. The molecule has 9 heteroatoms. The van der Waals surface area contributed by atoms with Gasteiger partial charge in [-0.05, 0) is 43.5 Å². The van der Waals surface area contributed by atoms with Crippen LogP contribution in [-0.4, -0.2) is 35.5 Å². The van der Waals surface area contributed by atoms with Crippen molar-refractivity contribution in [2.75, 3.05) is 18.1 Å². The highest BCUT2D eigenvalue weighted by molar-refractivity contribution is 7.98. The molecule has 2 N–H and O–H groups in total. The Labute approximate surface area is 164 Å². The van der Waals surface area contributed by atoms with E-state index in [1.807, 2.05) is 18.4 Å². The fraction of sp³-hybridized carbons (Fsp3) is 0.211. The largest absolute Gasteiger partial charge is 0.325 e. The van der Waals surface area contributed by atoms with Gasteiger partial charge in [0.1, 0.15) is 23.7 Å². The minimum atomic E-state index is -1.80. The standard InChI is InChI=1S/C19H17F2N3O3S/c1-19(12-9-11(20)7-8-13(12)21)17(26)24(18(27)23-19)10-16(25)22-14-5-3-4-6-15(14)28-2/h3-9H,10H2,1-2H3,(H,22,25)(H,23,27). The van der Waals surface area contributed by atoms with Gasteiger partial charge < -0.3 is 10.6 Å². The summed E-state index contributed by atoms with van der Waals surface area (Å²) < 4.78 is 27.7. The topological polar surface area (TPSA) is 78.5 Å². The van der Waals surface area contributed by atoms with Gasteiger partial charge in [-0.1, -0.05) is 12.1 Å². The van der Waals surface area contributed by atoms with Crippen molar-refractivity contribution >= 4 is 35.3 Å². The normalized spacial score (nSPS) is 18.9. The first-order valence-corrected chi connectivity index (χ1v) is 9.51. The summed E-state index contributed by atoms with van der Waals surface area (Å²) in [5.74, 6) is -3.01. The molecule has 3 rings (SSSR count). The summed E-state index contributed by atoms with van der Waals surface area (Å²) in [6.45, 7) is 0.714. The Balaban J connectivity index is 1.80. The molecular weight excluding hydrogens is 388 g/mol. The van der Waals surface area contributed by atoms with E-state index in [0.717, 1.165) is 23.1 Å². The number of carbonyl (C=O) groups is 3. The van der Waals surface area contributed by atoms with E-state index in [-0.39, 0.29) is 5.56 Å². The zero-order chi connectivity index (χ0) is 20.5. The molecule has 4 amide bonds. The number of nitrogens with one attached hydrogen (secondary N) is 2. The first-order valence-electron chi connectivity index (χ1n) is 8.29. The van der Waals surface area contributed by atoms with Gasteiger partial charge in [0.2, 0.25) is 5.91 Å². The van der Waals surface area contributed by atoms with Crippen LogP contribution in [0.25, 0.3) is 0 Å². The number of amides is 4. The van der Waals surface area contributed by atoms with Gasteiger partial charge in [0.25, 0.3) is 5.91 Å². The predicted molar refractivity (Wildman–Crippen MR) is 101 cm³/mol. The zero-order valence-electron chi connectivity index (χ0n) is 15.1. The lowest BCUT2D eigenvalue weighted by Gasteiger charge is -2.22. The molecule has 0 aliphatic carbocycles. The number of hydrogen-bond acceptors (Lipinski definition) is 4. The zero-order valence-corrected chi connectivity index (χ0v) is 15.9. The smallest absolute Gasteiger partial charge is 0.324 e. The first kappa shape index (κ1) is 19.8. The van der Waals surface area contributed by atoms with Gasteiger partial charge in [-0.15, -0.1) is 11.8 Å². The third-order valence-electron chi connectivity index (χ3n) is 4.42. The fourth-order valence-electron chi connectivity index (χ4n) is 2.99. The number of nitrogens with zero attached hydrogens (tertiary/aromatic N) is 1. The molecule has 146 valence electrons. The van der Waals surface area contributed by atoms with Crippen LogP contribution in [0.3, 0.4) is 0 Å². The summed E-state index contributed by atoms with van der Waals surface area (Å²) in [5, 5.41) is 5.00. The van der Waals surface area contributed by atoms with Gasteiger partial charge in [-0.25, -0.2) is 13.6 Å². The lowest BCUT2D eigenvalue weighted by Crippen LogP contribution is -2.42. The molecule has 1 unspecified atom stereocenters. The Bertz CT molecular complexity index is 969. The maximum Gasteiger partial charge on any atom is 0.325 e. The molecular formula is C19H17F2N3O3S. The van der Waals surface area contributed by atoms with Crippen molar-refractivity contribution in [3.8, 4) is 0 Å². The van der Waals surface area contributed by atoms with E-state index < -0.39 is 41.6 Å². The van der Waals surface area contributed by atoms with Gasteiger partial charge in [0.15, 0.2) is 0 Å². The van der Waals surface area contributed by atoms with Crippen molar-refractivity contribution in [3.63, 3.8) is 0 Å². The number of para-hydroxylation sites is 1. The van der Waals surface area contributed by atoms with Crippen LogP contribution in [0.1, 0.15) is 12.5 Å². The highest BCUT2D eigenvalue weighted by Gasteiger charge is 2.50. The minimum absolute atomic E-state index is 0.304. The maximum absolute atomic E-state index is 14.2. The SMILES string of the molecule is CSc1ccccc1NC(=O)CN1C(=O)NC(C)(c2cc(F)ccc2F)C1=O. The van der Waals surface area contributed by atoms with Gasteiger partial charge in [0.05, 0.1) is 5.69 Å². The summed E-state index contributed by atoms with van der Waals surface area (Å²) in [6, 6.07) is 8.86. The van der Waals surface area contributed by atoms with Crippen LogP contribution in [-0.2, 0) is 15.1 Å². The van der Waals surface area contributed by atoms with Crippen molar-refractivity contribution < 1.29 is 23.2 Å². The first-order chi connectivity index (χ1) is 13.3. The number of carbonyl (C=O) groups excluding carboxylic acids is 3. The monoisotopic (exact) mass is 405 g/mol. The Morgan fingerprint density at radius 3 is 2.64 bits per heavy atom. The molecule has 0 aromatic heterocycles. The molecule has 0 radical (unpaired) electrons. The molecule has 1 aliphatic rings. The number of anilines is 1. The Kier molecular flexibility index (Phi) is 5.37. The molecule has 2 aromatic rings. The van der Waals surface area contributed by atoms with Gasteiger partial charge in [-0.3, -0.25) is 14.5 Å². The molecule has 1 aliphatic heterocycles. The van der Waals surface area contributed by atoms with Crippen molar-refractivity contribution in [1.29, 1.82) is 0 Å². The van der Waals surface area contributed by atoms with E-state index in [4.69, 9.17) is 0 Å². The molecule has 1 atom stereocenters. The summed E-state index contributed by atoms with van der Waals surface area (Å²) in [4.78, 5) is 38.9. The fourth-order valence-corrected chi connectivity index (χ4v) is 3.54. The van der Waals surface area contributed by atoms with E-state index in [0.29, 0.717) is 10.6 Å². The number of imide groups is 1. The van der Waals surface area contributed by atoms with Crippen LogP contribution in [0.15, 0.2) is 47.4 Å². The Hall–Kier alpha value is -2.94. The number of thioether (sulfide) groups is 1.